The highest BCUT2D eigenvalue weighted by Gasteiger charge is 2.07. The van der Waals surface area contributed by atoms with Crippen LogP contribution in [0, 0.1) is 0 Å². The zero-order valence-corrected chi connectivity index (χ0v) is 14.6. The number of aromatic nitrogens is 1. The summed E-state index contributed by atoms with van der Waals surface area (Å²) in [6.45, 7) is 4.13. The average molecular weight is 376 g/mol. The van der Waals surface area contributed by atoms with Crippen LogP contribution < -0.4 is 10.2 Å². The molecule has 5 nitrogen and oxygen atoms in total. The van der Waals surface area contributed by atoms with Crippen LogP contribution in [0.2, 0.25) is 0 Å². The largest absolute Gasteiger partial charge is 0.483 e. The minimum absolute atomic E-state index is 0.107. The monoisotopic (exact) mass is 375 g/mol. The van der Waals surface area contributed by atoms with Crippen molar-refractivity contribution in [2.45, 2.75) is 19.8 Å². The molecule has 1 N–H and O–H groups in total. The molecule has 0 aliphatic carbocycles. The van der Waals surface area contributed by atoms with Gasteiger partial charge in [-0.1, -0.05) is 26.0 Å². The van der Waals surface area contributed by atoms with Gasteiger partial charge in [0.1, 0.15) is 5.75 Å². The van der Waals surface area contributed by atoms with E-state index in [4.69, 9.17) is 4.74 Å². The standard InChI is InChI=1S/C17H18BrN3O2/c1-12(2)14-5-6-16(15(18)8-14)23-11-17(22)21-20-10-13-4-3-7-19-9-13/h3-10,12H,11H2,1-2H3,(H,21,22). The van der Waals surface area contributed by atoms with E-state index in [1.54, 1.807) is 18.5 Å². The van der Waals surface area contributed by atoms with Crippen molar-refractivity contribution in [1.29, 1.82) is 0 Å². The van der Waals surface area contributed by atoms with E-state index in [0.29, 0.717) is 11.7 Å². The number of nitrogens with one attached hydrogen (secondary N) is 1. The van der Waals surface area contributed by atoms with E-state index in [9.17, 15) is 4.79 Å². The minimum Gasteiger partial charge on any atom is -0.483 e. The quantitative estimate of drug-likeness (QED) is 0.620. The van der Waals surface area contributed by atoms with Gasteiger partial charge in [-0.3, -0.25) is 9.78 Å². The molecule has 1 aromatic heterocycles. The predicted octanol–water partition coefficient (Wildman–Crippen LogP) is 3.50. The Kier molecular flexibility index (Phi) is 6.29. The second-order valence-corrected chi connectivity index (χ2v) is 6.07. The van der Waals surface area contributed by atoms with Gasteiger partial charge in [0.2, 0.25) is 0 Å². The van der Waals surface area contributed by atoms with Crippen LogP contribution in [-0.2, 0) is 4.79 Å². The molecule has 1 amide bonds. The van der Waals surface area contributed by atoms with Gasteiger partial charge in [0, 0.05) is 18.0 Å². The van der Waals surface area contributed by atoms with Crippen molar-refractivity contribution in [3.8, 4) is 5.75 Å². The van der Waals surface area contributed by atoms with Crippen molar-refractivity contribution in [2.75, 3.05) is 6.61 Å². The lowest BCUT2D eigenvalue weighted by atomic mass is 10.0. The van der Waals surface area contributed by atoms with Crippen molar-refractivity contribution in [2.24, 2.45) is 5.10 Å². The fourth-order valence-electron chi connectivity index (χ4n) is 1.80. The maximum absolute atomic E-state index is 11.7. The molecule has 0 bridgehead atoms. The van der Waals surface area contributed by atoms with E-state index in [0.717, 1.165) is 10.0 Å². The number of hydrazone groups is 1. The third-order valence-electron chi connectivity index (χ3n) is 3.07. The average Bonchev–Trinajstić information content (AvgIpc) is 2.54. The molecule has 120 valence electrons. The maximum Gasteiger partial charge on any atom is 0.277 e. The van der Waals surface area contributed by atoms with Gasteiger partial charge in [0.05, 0.1) is 10.7 Å². The summed E-state index contributed by atoms with van der Waals surface area (Å²) in [4.78, 5) is 15.7. The van der Waals surface area contributed by atoms with Crippen molar-refractivity contribution < 1.29 is 9.53 Å². The molecule has 0 aliphatic rings. The van der Waals surface area contributed by atoms with E-state index in [1.165, 1.54) is 11.8 Å². The molecule has 0 fully saturated rings. The highest BCUT2D eigenvalue weighted by Crippen LogP contribution is 2.28. The maximum atomic E-state index is 11.7. The number of carbonyl (C=O) groups excluding carboxylic acids is 1. The number of amides is 1. The number of rotatable bonds is 6. The molecule has 0 spiro atoms. The fourth-order valence-corrected chi connectivity index (χ4v) is 2.31. The van der Waals surface area contributed by atoms with Gasteiger partial charge in [0.15, 0.2) is 6.61 Å². The van der Waals surface area contributed by atoms with E-state index in [1.807, 2.05) is 24.3 Å². The summed E-state index contributed by atoms with van der Waals surface area (Å²) in [6.07, 6.45) is 4.85. The van der Waals surface area contributed by atoms with Gasteiger partial charge in [0.25, 0.3) is 5.91 Å². The van der Waals surface area contributed by atoms with Crippen LogP contribution in [0.25, 0.3) is 0 Å². The Morgan fingerprint density at radius 1 is 1.43 bits per heavy atom. The summed E-state index contributed by atoms with van der Waals surface area (Å²) in [7, 11) is 0. The molecule has 23 heavy (non-hydrogen) atoms. The van der Waals surface area contributed by atoms with Gasteiger partial charge >= 0.3 is 0 Å². The Labute approximate surface area is 143 Å². The Morgan fingerprint density at radius 3 is 2.91 bits per heavy atom. The van der Waals surface area contributed by atoms with Gasteiger partial charge in [-0.2, -0.15) is 5.10 Å². The van der Waals surface area contributed by atoms with Crippen LogP contribution in [0.4, 0.5) is 0 Å². The zero-order valence-electron chi connectivity index (χ0n) is 13.0. The van der Waals surface area contributed by atoms with Gasteiger partial charge < -0.3 is 4.74 Å². The Morgan fingerprint density at radius 2 is 2.26 bits per heavy atom. The third-order valence-corrected chi connectivity index (χ3v) is 3.69. The first-order valence-corrected chi connectivity index (χ1v) is 7.99. The predicted molar refractivity (Wildman–Crippen MR) is 93.7 cm³/mol. The summed E-state index contributed by atoms with van der Waals surface area (Å²) in [5, 5.41) is 3.86. The molecule has 0 saturated heterocycles. The fraction of sp³-hybridized carbons (Fsp3) is 0.235. The Hall–Kier alpha value is -2.21. The summed E-state index contributed by atoms with van der Waals surface area (Å²) in [5.41, 5.74) is 4.42. The van der Waals surface area contributed by atoms with Crippen LogP contribution in [0.15, 0.2) is 52.3 Å². The molecule has 2 rings (SSSR count). The summed E-state index contributed by atoms with van der Waals surface area (Å²) in [6, 6.07) is 9.48. The SMILES string of the molecule is CC(C)c1ccc(OCC(=O)NN=Cc2cccnc2)c(Br)c1. The molecule has 1 heterocycles. The normalized spacial score (nSPS) is 11.0. The Balaban J connectivity index is 1.84. The third kappa shape index (κ3) is 5.49. The second kappa shape index (κ2) is 8.43. The molecule has 6 heteroatoms. The van der Waals surface area contributed by atoms with E-state index < -0.39 is 0 Å². The number of benzene rings is 1. The van der Waals surface area contributed by atoms with Gasteiger partial charge in [-0.15, -0.1) is 0 Å². The lowest BCUT2D eigenvalue weighted by Crippen LogP contribution is -2.24. The lowest BCUT2D eigenvalue weighted by Gasteiger charge is -2.10. The van der Waals surface area contributed by atoms with Crippen molar-refractivity contribution in [1.82, 2.24) is 10.4 Å². The molecular weight excluding hydrogens is 358 g/mol. The summed E-state index contributed by atoms with van der Waals surface area (Å²) < 4.78 is 6.32. The number of ether oxygens (including phenoxy) is 1. The van der Waals surface area contributed by atoms with Crippen LogP contribution in [0.1, 0.15) is 30.9 Å². The first-order chi connectivity index (χ1) is 11.1. The lowest BCUT2D eigenvalue weighted by molar-refractivity contribution is -0.123. The number of hydrogen-bond donors (Lipinski definition) is 1. The molecule has 0 saturated carbocycles. The van der Waals surface area contributed by atoms with Crippen LogP contribution in [-0.4, -0.2) is 23.7 Å². The van der Waals surface area contributed by atoms with Crippen LogP contribution in [0.5, 0.6) is 5.75 Å². The van der Waals surface area contributed by atoms with Crippen LogP contribution >= 0.6 is 15.9 Å². The van der Waals surface area contributed by atoms with Gasteiger partial charge in [-0.25, -0.2) is 5.43 Å². The summed E-state index contributed by atoms with van der Waals surface area (Å²) in [5.74, 6) is 0.733. The van der Waals surface area contributed by atoms with Gasteiger partial charge in [-0.05, 0) is 45.6 Å². The van der Waals surface area contributed by atoms with E-state index in [2.05, 4.69) is 45.3 Å². The molecule has 2 aromatic rings. The number of nitrogens with zero attached hydrogens (tertiary/aromatic N) is 2. The van der Waals surface area contributed by atoms with Crippen molar-refractivity contribution >= 4 is 28.1 Å². The van der Waals surface area contributed by atoms with E-state index in [-0.39, 0.29) is 12.5 Å². The summed E-state index contributed by atoms with van der Waals surface area (Å²) >= 11 is 3.46. The number of halogens is 1. The first-order valence-electron chi connectivity index (χ1n) is 7.20. The molecule has 0 radical (unpaired) electrons. The first kappa shape index (κ1) is 17.1. The Bertz CT molecular complexity index is 687. The number of pyridine rings is 1. The highest BCUT2D eigenvalue weighted by atomic mass is 79.9. The highest BCUT2D eigenvalue weighted by molar-refractivity contribution is 9.10. The topological polar surface area (TPSA) is 63.6 Å². The molecule has 1 aromatic carbocycles. The van der Waals surface area contributed by atoms with E-state index >= 15 is 0 Å². The smallest absolute Gasteiger partial charge is 0.277 e. The van der Waals surface area contributed by atoms with Crippen molar-refractivity contribution in [3.05, 3.63) is 58.3 Å². The molecule has 0 unspecified atom stereocenters. The minimum atomic E-state index is -0.329. The van der Waals surface area contributed by atoms with Crippen LogP contribution in [0.3, 0.4) is 0 Å². The van der Waals surface area contributed by atoms with Crippen molar-refractivity contribution in [3.63, 3.8) is 0 Å². The number of carbonyl (C=O) groups is 1. The molecular formula is C17H18BrN3O2. The second-order valence-electron chi connectivity index (χ2n) is 5.21. The molecule has 0 aliphatic heterocycles. The number of hydrogen-bond acceptors (Lipinski definition) is 4. The zero-order chi connectivity index (χ0) is 16.7. The molecule has 0 atom stereocenters.